The lowest BCUT2D eigenvalue weighted by molar-refractivity contribution is -0.121. The number of amidine groups is 1. The van der Waals surface area contributed by atoms with Crippen molar-refractivity contribution in [2.75, 3.05) is 0 Å². The maximum absolute atomic E-state index is 13.1. The van der Waals surface area contributed by atoms with Gasteiger partial charge in [-0.05, 0) is 24.1 Å². The highest BCUT2D eigenvalue weighted by Crippen LogP contribution is 2.27. The normalized spacial score (nSPS) is 20.4. The van der Waals surface area contributed by atoms with Crippen LogP contribution in [0.1, 0.15) is 39.6 Å². The van der Waals surface area contributed by atoms with Gasteiger partial charge in [0, 0.05) is 6.42 Å². The summed E-state index contributed by atoms with van der Waals surface area (Å²) >= 11 is 1.18. The second-order valence-electron chi connectivity index (χ2n) is 6.99. The lowest BCUT2D eigenvalue weighted by Crippen LogP contribution is -2.46. The van der Waals surface area contributed by atoms with Gasteiger partial charge in [0.15, 0.2) is 5.17 Å². The van der Waals surface area contributed by atoms with E-state index in [4.69, 9.17) is 0 Å². The minimum absolute atomic E-state index is 0.137. The average molecular weight is 421 g/mol. The van der Waals surface area contributed by atoms with E-state index >= 15 is 0 Å². The van der Waals surface area contributed by atoms with E-state index in [2.05, 4.69) is 10.3 Å². The molecular formula is C22H19N3O4S. The monoisotopic (exact) mass is 421 g/mol. The summed E-state index contributed by atoms with van der Waals surface area (Å²) in [6, 6.07) is 14.5. The molecule has 2 heterocycles. The molecule has 0 saturated carbocycles. The number of rotatable bonds is 5. The predicted molar refractivity (Wildman–Crippen MR) is 113 cm³/mol. The number of hydrogen-bond donors (Lipinski definition) is 1. The number of amides is 4. The minimum Gasteiger partial charge on any atom is -0.304 e. The number of benzene rings is 2. The lowest BCUT2D eigenvalue weighted by Gasteiger charge is -2.23. The molecule has 0 spiro atoms. The molecule has 2 aliphatic heterocycles. The number of carbonyl (C=O) groups excluding carboxylic acids is 4. The molecule has 152 valence electrons. The lowest BCUT2D eigenvalue weighted by atomic mass is 10.0. The third-order valence-electron chi connectivity index (χ3n) is 5.05. The van der Waals surface area contributed by atoms with Gasteiger partial charge in [0.05, 0.1) is 16.4 Å². The Bertz CT molecular complexity index is 1030. The maximum atomic E-state index is 13.1. The van der Waals surface area contributed by atoms with Gasteiger partial charge in [-0.2, -0.15) is 4.99 Å². The number of fused-ring (bicyclic) bond motifs is 1. The zero-order valence-electron chi connectivity index (χ0n) is 16.2. The summed E-state index contributed by atoms with van der Waals surface area (Å²) in [7, 11) is 0. The van der Waals surface area contributed by atoms with Crippen LogP contribution in [0.4, 0.5) is 0 Å². The molecule has 1 N–H and O–H groups in total. The van der Waals surface area contributed by atoms with E-state index in [1.807, 2.05) is 37.3 Å². The SMILES string of the molecule is CC[C@H]1SC(=NC(=O)[C@@H](Cc2ccccc2)N2C(=O)c3ccccc3C2=O)NC1=O. The molecule has 2 aromatic carbocycles. The highest BCUT2D eigenvalue weighted by Gasteiger charge is 2.43. The molecule has 30 heavy (non-hydrogen) atoms. The van der Waals surface area contributed by atoms with Gasteiger partial charge in [0.1, 0.15) is 6.04 Å². The summed E-state index contributed by atoms with van der Waals surface area (Å²) in [6.07, 6.45) is 0.743. The Balaban J connectivity index is 1.67. The van der Waals surface area contributed by atoms with Crippen molar-refractivity contribution in [3.8, 4) is 0 Å². The van der Waals surface area contributed by atoms with Crippen LogP contribution in [0.2, 0.25) is 0 Å². The van der Waals surface area contributed by atoms with E-state index in [0.717, 1.165) is 10.5 Å². The topological polar surface area (TPSA) is 95.9 Å². The molecule has 0 aliphatic carbocycles. The number of thioether (sulfide) groups is 1. The zero-order valence-corrected chi connectivity index (χ0v) is 17.0. The molecule has 1 fully saturated rings. The van der Waals surface area contributed by atoms with Crippen molar-refractivity contribution in [3.05, 3.63) is 71.3 Å². The summed E-state index contributed by atoms with van der Waals surface area (Å²) < 4.78 is 0. The van der Waals surface area contributed by atoms with Crippen LogP contribution >= 0.6 is 11.8 Å². The van der Waals surface area contributed by atoms with E-state index in [-0.39, 0.29) is 33.9 Å². The van der Waals surface area contributed by atoms with E-state index in [1.165, 1.54) is 11.8 Å². The molecule has 0 bridgehead atoms. The van der Waals surface area contributed by atoms with Gasteiger partial charge in [0.25, 0.3) is 17.7 Å². The maximum Gasteiger partial charge on any atom is 0.271 e. The number of imide groups is 1. The third kappa shape index (κ3) is 3.66. The predicted octanol–water partition coefficient (Wildman–Crippen LogP) is 2.42. The van der Waals surface area contributed by atoms with Crippen molar-refractivity contribution in [3.63, 3.8) is 0 Å². The highest BCUT2D eigenvalue weighted by molar-refractivity contribution is 8.15. The molecule has 2 aromatic rings. The van der Waals surface area contributed by atoms with Crippen LogP contribution in [0.3, 0.4) is 0 Å². The summed E-state index contributed by atoms with van der Waals surface area (Å²) in [5, 5.41) is 2.50. The second kappa shape index (κ2) is 8.23. The smallest absolute Gasteiger partial charge is 0.271 e. The largest absolute Gasteiger partial charge is 0.304 e. The summed E-state index contributed by atoms with van der Waals surface area (Å²) in [5.74, 6) is -1.87. The van der Waals surface area contributed by atoms with Crippen LogP contribution < -0.4 is 5.32 Å². The van der Waals surface area contributed by atoms with Gasteiger partial charge in [-0.1, -0.05) is 61.2 Å². The summed E-state index contributed by atoms with van der Waals surface area (Å²) in [4.78, 5) is 56.0. The molecule has 8 heteroatoms. The van der Waals surface area contributed by atoms with Crippen LogP contribution in [-0.4, -0.2) is 45.0 Å². The van der Waals surface area contributed by atoms with E-state index in [0.29, 0.717) is 6.42 Å². The van der Waals surface area contributed by atoms with Crippen molar-refractivity contribution >= 4 is 40.6 Å². The van der Waals surface area contributed by atoms with Crippen molar-refractivity contribution in [2.24, 2.45) is 4.99 Å². The quantitative estimate of drug-likeness (QED) is 0.748. The average Bonchev–Trinajstić information content (AvgIpc) is 3.23. The Kier molecular flexibility index (Phi) is 5.50. The first-order chi connectivity index (χ1) is 14.5. The van der Waals surface area contributed by atoms with E-state index in [1.54, 1.807) is 24.3 Å². The molecule has 0 aromatic heterocycles. The fourth-order valence-electron chi connectivity index (χ4n) is 3.52. The van der Waals surface area contributed by atoms with Gasteiger partial charge < -0.3 is 5.32 Å². The molecule has 4 rings (SSSR count). The first-order valence-electron chi connectivity index (χ1n) is 9.60. The van der Waals surface area contributed by atoms with Crippen LogP contribution in [0.15, 0.2) is 59.6 Å². The van der Waals surface area contributed by atoms with Gasteiger partial charge in [0.2, 0.25) is 5.91 Å². The van der Waals surface area contributed by atoms with E-state index < -0.39 is 23.8 Å². The number of carbonyl (C=O) groups is 4. The third-order valence-corrected chi connectivity index (χ3v) is 6.30. The van der Waals surface area contributed by atoms with E-state index in [9.17, 15) is 19.2 Å². The Hall–Kier alpha value is -3.26. The van der Waals surface area contributed by atoms with Gasteiger partial charge in [-0.25, -0.2) is 0 Å². The van der Waals surface area contributed by atoms with Gasteiger partial charge in [-0.3, -0.25) is 24.1 Å². The summed E-state index contributed by atoms with van der Waals surface area (Å²) in [6.45, 7) is 1.87. The molecule has 2 aliphatic rings. The molecule has 1 saturated heterocycles. The fourth-order valence-corrected chi connectivity index (χ4v) is 4.42. The van der Waals surface area contributed by atoms with Gasteiger partial charge in [-0.15, -0.1) is 0 Å². The number of nitrogens with zero attached hydrogens (tertiary/aromatic N) is 2. The highest BCUT2D eigenvalue weighted by atomic mass is 32.2. The Morgan fingerprint density at radius 1 is 1.03 bits per heavy atom. The standard InChI is InChI=1S/C22H19N3O4S/c1-2-17-19(27)24-22(30-17)23-18(26)16(12-13-8-4-3-5-9-13)25-20(28)14-10-6-7-11-15(14)21(25)29/h3-11,16-17H,2,12H2,1H3,(H,23,24,26,27)/t16-,17-/m1/s1. The Morgan fingerprint density at radius 2 is 1.63 bits per heavy atom. The molecule has 0 unspecified atom stereocenters. The Labute approximate surface area is 177 Å². The van der Waals surface area contributed by atoms with Crippen LogP contribution in [0, 0.1) is 0 Å². The number of nitrogens with one attached hydrogen (secondary N) is 1. The second-order valence-corrected chi connectivity index (χ2v) is 8.18. The van der Waals surface area contributed by atoms with Crippen LogP contribution in [0.25, 0.3) is 0 Å². The fraction of sp³-hybridized carbons (Fsp3) is 0.227. The van der Waals surface area contributed by atoms with Crippen molar-refractivity contribution in [1.29, 1.82) is 0 Å². The van der Waals surface area contributed by atoms with Crippen LogP contribution in [-0.2, 0) is 16.0 Å². The van der Waals surface area contributed by atoms with Crippen LogP contribution in [0.5, 0.6) is 0 Å². The van der Waals surface area contributed by atoms with Gasteiger partial charge >= 0.3 is 0 Å². The molecule has 7 nitrogen and oxygen atoms in total. The minimum atomic E-state index is -1.11. The first-order valence-corrected chi connectivity index (χ1v) is 10.5. The van der Waals surface area contributed by atoms with Crippen molar-refractivity contribution in [1.82, 2.24) is 10.2 Å². The molecular weight excluding hydrogens is 402 g/mol. The molecule has 0 radical (unpaired) electrons. The van der Waals surface area contributed by atoms with Crippen molar-refractivity contribution in [2.45, 2.75) is 31.1 Å². The zero-order chi connectivity index (χ0) is 21.3. The molecule has 4 amide bonds. The Morgan fingerprint density at radius 3 is 2.20 bits per heavy atom. The number of hydrogen-bond acceptors (Lipinski definition) is 5. The summed E-state index contributed by atoms with van der Waals surface area (Å²) in [5.41, 5.74) is 1.34. The van der Waals surface area contributed by atoms with Crippen molar-refractivity contribution < 1.29 is 19.2 Å². The first kappa shape index (κ1) is 20.0. The molecule has 2 atom stereocenters. The number of aliphatic imine (C=N–C) groups is 1.